The molecule has 1 aliphatic rings. The van der Waals surface area contributed by atoms with Crippen molar-refractivity contribution in [3.05, 3.63) is 95.2 Å². The quantitative estimate of drug-likeness (QED) is 0.524. The van der Waals surface area contributed by atoms with Crippen LogP contribution >= 0.6 is 0 Å². The highest BCUT2D eigenvalue weighted by Crippen LogP contribution is 2.31. The van der Waals surface area contributed by atoms with E-state index in [1.54, 1.807) is 0 Å². The largest absolute Gasteiger partial charge is 0.304 e. The van der Waals surface area contributed by atoms with Gasteiger partial charge in [-0.2, -0.15) is 5.10 Å². The molecule has 5 rings (SSSR count). The van der Waals surface area contributed by atoms with Gasteiger partial charge in [0.15, 0.2) is 0 Å². The summed E-state index contributed by atoms with van der Waals surface area (Å²) in [5.41, 5.74) is 7.65. The third kappa shape index (κ3) is 3.46. The van der Waals surface area contributed by atoms with Gasteiger partial charge in [0.2, 0.25) is 0 Å². The van der Waals surface area contributed by atoms with Crippen molar-refractivity contribution < 1.29 is 0 Å². The number of rotatable bonds is 5. The van der Waals surface area contributed by atoms with Gasteiger partial charge in [0.05, 0.1) is 11.9 Å². The van der Waals surface area contributed by atoms with E-state index in [1.807, 2.05) is 24.4 Å². The molecule has 3 aromatic heterocycles. The molecule has 30 heavy (non-hydrogen) atoms. The fraction of sp³-hybridized carbons (Fsp3) is 0.280. The smallest absolute Gasteiger partial charge is 0.136 e. The van der Waals surface area contributed by atoms with Crippen LogP contribution in [0.3, 0.4) is 0 Å². The Balaban J connectivity index is 1.37. The van der Waals surface area contributed by atoms with E-state index in [-0.39, 0.29) is 0 Å². The lowest BCUT2D eigenvalue weighted by Gasteiger charge is -2.24. The summed E-state index contributed by atoms with van der Waals surface area (Å²) in [7, 11) is 0. The molecule has 0 fully saturated rings. The van der Waals surface area contributed by atoms with E-state index >= 15 is 0 Å². The van der Waals surface area contributed by atoms with Crippen LogP contribution in [0.1, 0.15) is 47.0 Å². The number of benzene rings is 1. The van der Waals surface area contributed by atoms with E-state index in [9.17, 15) is 0 Å². The Morgan fingerprint density at radius 3 is 2.83 bits per heavy atom. The average Bonchev–Trinajstić information content (AvgIpc) is 3.42. The first-order chi connectivity index (χ1) is 14.7. The second-order valence-corrected chi connectivity index (χ2v) is 8.11. The summed E-state index contributed by atoms with van der Waals surface area (Å²) in [6.07, 6.45) is 9.34. The molecule has 0 saturated heterocycles. The normalized spacial score (nSPS) is 15.9. The fourth-order valence-corrected chi connectivity index (χ4v) is 4.36. The van der Waals surface area contributed by atoms with Gasteiger partial charge in [0.1, 0.15) is 5.82 Å². The highest BCUT2D eigenvalue weighted by atomic mass is 15.3. The molecule has 0 saturated carbocycles. The number of hydrogen-bond acceptors (Lipinski definition) is 3. The van der Waals surface area contributed by atoms with Crippen LogP contribution in [0.2, 0.25) is 0 Å². The SMILES string of the molecule is Cc1ccc(-n2ncc3c2CCC[C@H]3NCc2cccn2-c2ccccn2)cc1C. The van der Waals surface area contributed by atoms with Gasteiger partial charge < -0.3 is 9.88 Å². The van der Waals surface area contributed by atoms with Gasteiger partial charge in [-0.15, -0.1) is 0 Å². The van der Waals surface area contributed by atoms with Crippen LogP contribution in [0.5, 0.6) is 0 Å². The summed E-state index contributed by atoms with van der Waals surface area (Å²) in [6, 6.07) is 17.2. The van der Waals surface area contributed by atoms with Crippen molar-refractivity contribution >= 4 is 0 Å². The van der Waals surface area contributed by atoms with Crippen LogP contribution in [-0.2, 0) is 13.0 Å². The highest BCUT2D eigenvalue weighted by Gasteiger charge is 2.24. The molecule has 0 spiro atoms. The van der Waals surface area contributed by atoms with E-state index in [2.05, 4.69) is 76.1 Å². The van der Waals surface area contributed by atoms with Crippen molar-refractivity contribution in [1.29, 1.82) is 0 Å². The second-order valence-electron chi connectivity index (χ2n) is 8.11. The van der Waals surface area contributed by atoms with Crippen molar-refractivity contribution in [2.45, 2.75) is 45.7 Å². The third-order valence-electron chi connectivity index (χ3n) is 6.18. The van der Waals surface area contributed by atoms with E-state index in [4.69, 9.17) is 5.10 Å². The topological polar surface area (TPSA) is 47.7 Å². The molecular formula is C25H27N5. The lowest BCUT2D eigenvalue weighted by Crippen LogP contribution is -2.26. The van der Waals surface area contributed by atoms with Gasteiger partial charge >= 0.3 is 0 Å². The zero-order chi connectivity index (χ0) is 20.5. The first-order valence-corrected chi connectivity index (χ1v) is 10.7. The maximum atomic E-state index is 4.76. The Bertz CT molecular complexity index is 1160. The van der Waals surface area contributed by atoms with Gasteiger partial charge in [-0.3, -0.25) is 0 Å². The van der Waals surface area contributed by atoms with Crippen molar-refractivity contribution in [3.63, 3.8) is 0 Å². The minimum absolute atomic E-state index is 0.320. The molecule has 1 N–H and O–H groups in total. The lowest BCUT2D eigenvalue weighted by atomic mass is 9.92. The summed E-state index contributed by atoms with van der Waals surface area (Å²) in [5, 5.41) is 8.53. The molecule has 4 aromatic rings. The van der Waals surface area contributed by atoms with Crippen LogP contribution in [-0.4, -0.2) is 19.3 Å². The van der Waals surface area contributed by atoms with Crippen molar-refractivity contribution in [2.24, 2.45) is 0 Å². The molecule has 152 valence electrons. The molecule has 0 amide bonds. The van der Waals surface area contributed by atoms with Crippen LogP contribution in [0.4, 0.5) is 0 Å². The number of aryl methyl sites for hydroxylation is 2. The van der Waals surface area contributed by atoms with Gasteiger partial charge in [-0.25, -0.2) is 9.67 Å². The summed E-state index contributed by atoms with van der Waals surface area (Å²) in [5.74, 6) is 0.950. The van der Waals surface area contributed by atoms with E-state index in [0.29, 0.717) is 6.04 Å². The lowest BCUT2D eigenvalue weighted by molar-refractivity contribution is 0.450. The Kier molecular flexibility index (Phi) is 4.97. The minimum atomic E-state index is 0.320. The standard InChI is InChI=1S/C25H27N5/c1-18-11-12-20(15-19(18)2)30-24-9-5-8-23(22(24)17-28-30)27-16-21-7-6-14-29(21)25-10-3-4-13-26-25/h3-4,6-7,10-15,17,23,27H,5,8-9,16H2,1-2H3/t23-/m1/s1. The summed E-state index contributed by atoms with van der Waals surface area (Å²) >= 11 is 0. The van der Waals surface area contributed by atoms with Gasteiger partial charge in [0, 0.05) is 41.9 Å². The van der Waals surface area contributed by atoms with Gasteiger partial charge in [0.25, 0.3) is 0 Å². The molecule has 5 nitrogen and oxygen atoms in total. The predicted molar refractivity (Wildman–Crippen MR) is 119 cm³/mol. The molecule has 1 atom stereocenters. The molecular weight excluding hydrogens is 370 g/mol. The fourth-order valence-electron chi connectivity index (χ4n) is 4.36. The zero-order valence-corrected chi connectivity index (χ0v) is 17.5. The molecule has 0 bridgehead atoms. The zero-order valence-electron chi connectivity index (χ0n) is 17.5. The average molecular weight is 398 g/mol. The molecule has 0 aliphatic heterocycles. The van der Waals surface area contributed by atoms with Crippen LogP contribution in [0.25, 0.3) is 11.5 Å². The monoisotopic (exact) mass is 397 g/mol. The third-order valence-corrected chi connectivity index (χ3v) is 6.18. The molecule has 3 heterocycles. The predicted octanol–water partition coefficient (Wildman–Crippen LogP) is 4.84. The number of nitrogens with zero attached hydrogens (tertiary/aromatic N) is 4. The van der Waals surface area contributed by atoms with Crippen LogP contribution in [0.15, 0.2) is 67.1 Å². The molecule has 1 aromatic carbocycles. The number of hydrogen-bond donors (Lipinski definition) is 1. The van der Waals surface area contributed by atoms with E-state index < -0.39 is 0 Å². The number of nitrogens with one attached hydrogen (secondary N) is 1. The Hall–Kier alpha value is -3.18. The summed E-state index contributed by atoms with van der Waals surface area (Å²) < 4.78 is 4.28. The first-order valence-electron chi connectivity index (χ1n) is 10.7. The number of aromatic nitrogens is 4. The number of fused-ring (bicyclic) bond motifs is 1. The highest BCUT2D eigenvalue weighted by molar-refractivity contribution is 5.42. The molecule has 5 heteroatoms. The van der Waals surface area contributed by atoms with Crippen LogP contribution < -0.4 is 5.32 Å². The maximum Gasteiger partial charge on any atom is 0.136 e. The van der Waals surface area contributed by atoms with E-state index in [1.165, 1.54) is 34.5 Å². The van der Waals surface area contributed by atoms with Crippen molar-refractivity contribution in [1.82, 2.24) is 24.6 Å². The van der Waals surface area contributed by atoms with E-state index in [0.717, 1.165) is 30.9 Å². The Morgan fingerprint density at radius 1 is 1.07 bits per heavy atom. The first kappa shape index (κ1) is 18.8. The second kappa shape index (κ2) is 7.92. The maximum absolute atomic E-state index is 4.76. The van der Waals surface area contributed by atoms with Gasteiger partial charge in [-0.1, -0.05) is 12.1 Å². The van der Waals surface area contributed by atoms with Crippen molar-refractivity contribution in [2.75, 3.05) is 0 Å². The summed E-state index contributed by atoms with van der Waals surface area (Å²) in [6.45, 7) is 5.11. The molecule has 0 radical (unpaired) electrons. The van der Waals surface area contributed by atoms with Crippen molar-refractivity contribution in [3.8, 4) is 11.5 Å². The summed E-state index contributed by atoms with van der Waals surface area (Å²) in [4.78, 5) is 4.48. The molecule has 0 unspecified atom stereocenters. The minimum Gasteiger partial charge on any atom is -0.304 e. The van der Waals surface area contributed by atoms with Gasteiger partial charge in [-0.05, 0) is 80.6 Å². The van der Waals surface area contributed by atoms with Crippen LogP contribution in [0, 0.1) is 13.8 Å². The Morgan fingerprint density at radius 2 is 2.00 bits per heavy atom. The number of pyridine rings is 1. The molecule has 1 aliphatic carbocycles. The Labute approximate surface area is 177 Å².